The highest BCUT2D eigenvalue weighted by Crippen LogP contribution is 2.28. The van der Waals surface area contributed by atoms with Gasteiger partial charge in [-0.25, -0.2) is 4.98 Å². The minimum Gasteiger partial charge on any atom is -0.339 e. The van der Waals surface area contributed by atoms with Crippen LogP contribution in [0.2, 0.25) is 0 Å². The van der Waals surface area contributed by atoms with Gasteiger partial charge in [-0.05, 0) is 25.0 Å². The molecule has 1 amide bonds. The third-order valence-corrected chi connectivity index (χ3v) is 4.60. The fraction of sp³-hybridized carbons (Fsp3) is 0.389. The van der Waals surface area contributed by atoms with E-state index in [0.717, 1.165) is 17.1 Å². The van der Waals surface area contributed by atoms with E-state index in [1.807, 2.05) is 24.6 Å². The van der Waals surface area contributed by atoms with E-state index in [1.54, 1.807) is 18.3 Å². The summed E-state index contributed by atoms with van der Waals surface area (Å²) in [5.41, 5.74) is 2.12. The molecule has 27 heavy (non-hydrogen) atoms. The van der Waals surface area contributed by atoms with Gasteiger partial charge in [-0.3, -0.25) is 9.89 Å². The summed E-state index contributed by atoms with van der Waals surface area (Å²) in [5, 5.41) is 9.13. The second-order valence-electron chi connectivity index (χ2n) is 6.82. The number of H-pyrrole nitrogens is 1. The molecule has 6 nitrogen and oxygen atoms in total. The van der Waals surface area contributed by atoms with Crippen molar-refractivity contribution in [2.45, 2.75) is 33.0 Å². The van der Waals surface area contributed by atoms with Crippen molar-refractivity contribution in [3.8, 4) is 11.3 Å². The topological polar surface area (TPSA) is 75.6 Å². The predicted molar refractivity (Wildman–Crippen MR) is 95.2 cm³/mol. The number of fused-ring (bicyclic) bond motifs is 1. The summed E-state index contributed by atoms with van der Waals surface area (Å²) < 4.78 is 41.4. The molecule has 1 atom stereocenters. The van der Waals surface area contributed by atoms with Gasteiger partial charge in [-0.2, -0.15) is 18.3 Å². The van der Waals surface area contributed by atoms with E-state index in [0.29, 0.717) is 10.9 Å². The van der Waals surface area contributed by atoms with E-state index in [-0.39, 0.29) is 5.69 Å². The first-order valence-electron chi connectivity index (χ1n) is 8.44. The van der Waals surface area contributed by atoms with Crippen molar-refractivity contribution in [1.82, 2.24) is 25.1 Å². The summed E-state index contributed by atoms with van der Waals surface area (Å²) in [5.74, 6) is -0.844. The number of aromatic amines is 1. The average Bonchev–Trinajstić information content (AvgIpc) is 3.14. The number of nitrogens with zero attached hydrogens (tertiary/aromatic N) is 3. The molecule has 0 spiro atoms. The third kappa shape index (κ3) is 3.54. The molecular formula is C18H20F3N5O. The molecule has 144 valence electrons. The lowest BCUT2D eigenvalue weighted by Crippen LogP contribution is -2.48. The lowest BCUT2D eigenvalue weighted by molar-refractivity contribution is -0.162. The van der Waals surface area contributed by atoms with Gasteiger partial charge in [-0.15, -0.1) is 0 Å². The summed E-state index contributed by atoms with van der Waals surface area (Å²) in [7, 11) is 1.86. The highest BCUT2D eigenvalue weighted by atomic mass is 19.4. The summed E-state index contributed by atoms with van der Waals surface area (Å²) >= 11 is 0. The molecule has 2 N–H and O–H groups in total. The number of aryl methyl sites for hydroxylation is 1. The summed E-state index contributed by atoms with van der Waals surface area (Å²) in [6.45, 7) is 4.68. The van der Waals surface area contributed by atoms with Crippen molar-refractivity contribution in [3.63, 3.8) is 0 Å². The first-order valence-corrected chi connectivity index (χ1v) is 8.44. The lowest BCUT2D eigenvalue weighted by Gasteiger charge is -2.24. The van der Waals surface area contributed by atoms with Crippen LogP contribution in [0.5, 0.6) is 0 Å². The number of aromatic nitrogens is 4. The minimum atomic E-state index is -4.53. The number of benzene rings is 1. The van der Waals surface area contributed by atoms with Crippen molar-refractivity contribution >= 4 is 16.8 Å². The summed E-state index contributed by atoms with van der Waals surface area (Å²) in [4.78, 5) is 16.7. The molecule has 0 saturated heterocycles. The van der Waals surface area contributed by atoms with Crippen LogP contribution in [-0.2, 0) is 7.05 Å². The van der Waals surface area contributed by atoms with Crippen molar-refractivity contribution in [2.75, 3.05) is 0 Å². The average molecular weight is 379 g/mol. The maximum absolute atomic E-state index is 13.2. The maximum Gasteiger partial charge on any atom is 0.408 e. The van der Waals surface area contributed by atoms with E-state index in [2.05, 4.69) is 20.5 Å². The van der Waals surface area contributed by atoms with Crippen LogP contribution in [0.25, 0.3) is 22.2 Å². The highest BCUT2D eigenvalue weighted by molar-refractivity contribution is 6.05. The zero-order valence-corrected chi connectivity index (χ0v) is 15.3. The molecule has 0 bridgehead atoms. The van der Waals surface area contributed by atoms with Crippen LogP contribution in [0.4, 0.5) is 13.2 Å². The van der Waals surface area contributed by atoms with E-state index in [1.165, 1.54) is 13.8 Å². The minimum absolute atomic E-state index is 0.0689. The molecule has 3 aromatic rings. The number of carbonyl (C=O) groups excluding carboxylic acids is 1. The third-order valence-electron chi connectivity index (χ3n) is 4.60. The molecule has 0 radical (unpaired) electrons. The highest BCUT2D eigenvalue weighted by Gasteiger charge is 2.43. The molecule has 2 aromatic heterocycles. The molecule has 0 fully saturated rings. The van der Waals surface area contributed by atoms with Crippen LogP contribution in [0.1, 0.15) is 30.2 Å². The second-order valence-corrected chi connectivity index (χ2v) is 6.82. The number of hydrogen-bond donors (Lipinski definition) is 2. The Hall–Kier alpha value is -2.84. The Morgan fingerprint density at radius 1 is 1.30 bits per heavy atom. The Bertz CT molecular complexity index is 987. The van der Waals surface area contributed by atoms with Gasteiger partial charge in [0, 0.05) is 18.0 Å². The molecule has 2 heterocycles. The number of hydrogen-bond acceptors (Lipinski definition) is 3. The van der Waals surface area contributed by atoms with Gasteiger partial charge < -0.3 is 9.88 Å². The van der Waals surface area contributed by atoms with Crippen LogP contribution in [0.15, 0.2) is 24.4 Å². The Morgan fingerprint density at radius 2 is 2.00 bits per heavy atom. The molecule has 0 saturated carbocycles. The Kier molecular flexibility index (Phi) is 4.71. The smallest absolute Gasteiger partial charge is 0.339 e. The number of nitrogens with one attached hydrogen (secondary N) is 2. The monoisotopic (exact) mass is 379 g/mol. The molecule has 0 aliphatic carbocycles. The van der Waals surface area contributed by atoms with Gasteiger partial charge in [0.25, 0.3) is 5.91 Å². The van der Waals surface area contributed by atoms with E-state index >= 15 is 0 Å². The van der Waals surface area contributed by atoms with Gasteiger partial charge >= 0.3 is 6.18 Å². The number of imidazole rings is 1. The van der Waals surface area contributed by atoms with Crippen LogP contribution in [0.3, 0.4) is 0 Å². The Balaban J connectivity index is 1.99. The molecule has 3 rings (SSSR count). The Labute approximate surface area is 153 Å². The number of amides is 1. The van der Waals surface area contributed by atoms with Crippen LogP contribution < -0.4 is 5.32 Å². The molecule has 0 aliphatic rings. The van der Waals surface area contributed by atoms with Gasteiger partial charge in [0.15, 0.2) is 5.69 Å². The van der Waals surface area contributed by atoms with Crippen LogP contribution in [0, 0.1) is 12.8 Å². The van der Waals surface area contributed by atoms with E-state index in [4.69, 9.17) is 0 Å². The quantitative estimate of drug-likeness (QED) is 0.727. The molecule has 9 heteroatoms. The van der Waals surface area contributed by atoms with E-state index in [9.17, 15) is 18.0 Å². The standard InChI is InChI=1S/C18H20F3N5O/c1-9(2)16(18(19,20)21)23-17(27)15-12-7-11(5-6-13(12)24-25-15)14-8-22-10(3)26(14)4/h5-9,16H,1-4H3,(H,23,27)(H,24,25)/t16-/m0/s1. The number of alkyl halides is 3. The summed E-state index contributed by atoms with van der Waals surface area (Å²) in [6.07, 6.45) is -2.83. The number of rotatable bonds is 4. The van der Waals surface area contributed by atoms with Crippen molar-refractivity contribution in [2.24, 2.45) is 13.0 Å². The predicted octanol–water partition coefficient (Wildman–Crippen LogP) is 3.59. The largest absolute Gasteiger partial charge is 0.408 e. The van der Waals surface area contributed by atoms with Crippen molar-refractivity contribution in [3.05, 3.63) is 35.9 Å². The first-order chi connectivity index (χ1) is 12.6. The number of halogens is 3. The second kappa shape index (κ2) is 6.71. The van der Waals surface area contributed by atoms with Gasteiger partial charge in [-0.1, -0.05) is 19.9 Å². The van der Waals surface area contributed by atoms with Gasteiger partial charge in [0.1, 0.15) is 11.9 Å². The summed E-state index contributed by atoms with van der Waals surface area (Å²) in [6, 6.07) is 3.35. The SMILES string of the molecule is Cc1ncc(-c2ccc3[nH]nc(C(=O)N[C@@H](C(C)C)C(F)(F)F)c3c2)n1C. The lowest BCUT2D eigenvalue weighted by atomic mass is 10.0. The van der Waals surface area contributed by atoms with Gasteiger partial charge in [0.05, 0.1) is 17.4 Å². The molecular weight excluding hydrogens is 359 g/mol. The van der Waals surface area contributed by atoms with Crippen molar-refractivity contribution < 1.29 is 18.0 Å². The zero-order chi connectivity index (χ0) is 19.9. The molecule has 0 aliphatic heterocycles. The zero-order valence-electron chi connectivity index (χ0n) is 15.3. The van der Waals surface area contributed by atoms with Crippen LogP contribution in [-0.4, -0.2) is 37.9 Å². The molecule has 1 aromatic carbocycles. The molecule has 0 unspecified atom stereocenters. The Morgan fingerprint density at radius 3 is 2.56 bits per heavy atom. The fourth-order valence-electron chi connectivity index (χ4n) is 2.95. The normalized spacial score (nSPS) is 13.3. The first kappa shape index (κ1) is 18.9. The van der Waals surface area contributed by atoms with Crippen LogP contribution >= 0.6 is 0 Å². The number of carbonyl (C=O) groups is 1. The van der Waals surface area contributed by atoms with Crippen molar-refractivity contribution in [1.29, 1.82) is 0 Å². The fourth-order valence-corrected chi connectivity index (χ4v) is 2.95. The maximum atomic E-state index is 13.2. The van der Waals surface area contributed by atoms with E-state index < -0.39 is 24.0 Å². The van der Waals surface area contributed by atoms with Gasteiger partial charge in [0.2, 0.25) is 0 Å².